The summed E-state index contributed by atoms with van der Waals surface area (Å²) >= 11 is 4.44. The molecule has 0 aliphatic heterocycles. The fraction of sp³-hybridized carbons (Fsp3) is 0.667. The van der Waals surface area contributed by atoms with Crippen molar-refractivity contribution in [3.05, 3.63) is 0 Å². The number of carbonyl (C=O) groups is 1. The molecule has 0 fully saturated rings. The van der Waals surface area contributed by atoms with Crippen molar-refractivity contribution in [2.24, 2.45) is 5.73 Å². The number of nitrogens with one attached hydrogen (secondary N) is 1. The van der Waals surface area contributed by atoms with Gasteiger partial charge in [0.2, 0.25) is 15.9 Å². The fourth-order valence-corrected chi connectivity index (χ4v) is 1.85. The molecule has 0 saturated heterocycles. The summed E-state index contributed by atoms with van der Waals surface area (Å²) in [7, 11) is -0.509. The second-order valence-electron chi connectivity index (χ2n) is 2.83. The van der Waals surface area contributed by atoms with E-state index in [-0.39, 0.29) is 17.4 Å². The van der Waals surface area contributed by atoms with Crippen LogP contribution < -0.4 is 10.5 Å². The Bertz CT molecular complexity index is 323. The molecule has 6 nitrogen and oxygen atoms in total. The smallest absolute Gasteiger partial charge is 0.237 e. The normalized spacial score (nSPS) is 11.0. The van der Waals surface area contributed by atoms with E-state index in [0.717, 1.165) is 0 Å². The first-order chi connectivity index (χ1) is 6.24. The molecule has 1 amide bonds. The van der Waals surface area contributed by atoms with E-state index in [2.05, 4.69) is 16.9 Å². The number of hydrogen-bond acceptors (Lipinski definition) is 4. The van der Waals surface area contributed by atoms with E-state index in [1.807, 2.05) is 0 Å². The second kappa shape index (κ2) is 5.23. The van der Waals surface area contributed by atoms with Gasteiger partial charge in [0.15, 0.2) is 0 Å². The number of nitrogens with zero attached hydrogens (tertiary/aromatic N) is 1. The molecule has 0 aromatic carbocycles. The fourth-order valence-electron chi connectivity index (χ4n) is 0.568. The van der Waals surface area contributed by atoms with E-state index >= 15 is 0 Å². The van der Waals surface area contributed by atoms with Crippen LogP contribution in [0.2, 0.25) is 0 Å². The van der Waals surface area contributed by atoms with Crippen molar-refractivity contribution in [1.82, 2.24) is 9.62 Å². The van der Waals surface area contributed by atoms with Gasteiger partial charge in [0.25, 0.3) is 0 Å². The first kappa shape index (κ1) is 13.3. The number of nitrogens with two attached hydrogens (primary N) is 1. The summed E-state index contributed by atoms with van der Waals surface area (Å²) in [6.45, 7) is -0.280. The third-order valence-electron chi connectivity index (χ3n) is 1.27. The SMILES string of the molecule is CN(C)C(=O)CNS(=O)(=O)CC(N)=S. The summed E-state index contributed by atoms with van der Waals surface area (Å²) in [4.78, 5) is 12.2. The average molecular weight is 239 g/mol. The Morgan fingerprint density at radius 1 is 1.50 bits per heavy atom. The van der Waals surface area contributed by atoms with Crippen LogP contribution in [0.25, 0.3) is 0 Å². The van der Waals surface area contributed by atoms with Crippen molar-refractivity contribution in [3.8, 4) is 0 Å². The summed E-state index contributed by atoms with van der Waals surface area (Å²) in [6, 6.07) is 0. The maximum atomic E-state index is 11.1. The van der Waals surface area contributed by atoms with E-state index in [4.69, 9.17) is 5.73 Å². The Labute approximate surface area is 88.5 Å². The molecule has 0 rings (SSSR count). The molecule has 0 aliphatic rings. The highest BCUT2D eigenvalue weighted by Gasteiger charge is 2.14. The number of amides is 1. The summed E-state index contributed by atoms with van der Waals surface area (Å²) in [5.41, 5.74) is 5.06. The molecule has 0 radical (unpaired) electrons. The minimum absolute atomic E-state index is 0.130. The predicted octanol–water partition coefficient (Wildman–Crippen LogP) is -1.72. The van der Waals surface area contributed by atoms with Crippen LogP contribution in [0.5, 0.6) is 0 Å². The summed E-state index contributed by atoms with van der Waals surface area (Å²) in [5, 5.41) is 0. The molecule has 0 bridgehead atoms. The lowest BCUT2D eigenvalue weighted by atomic mass is 10.6. The first-order valence-electron chi connectivity index (χ1n) is 3.70. The van der Waals surface area contributed by atoms with Crippen molar-refractivity contribution >= 4 is 33.1 Å². The minimum Gasteiger partial charge on any atom is -0.392 e. The zero-order valence-electron chi connectivity index (χ0n) is 7.98. The summed E-state index contributed by atoms with van der Waals surface area (Å²) in [5.74, 6) is -0.778. The maximum absolute atomic E-state index is 11.1. The topological polar surface area (TPSA) is 92.5 Å². The molecule has 0 aliphatic carbocycles. The van der Waals surface area contributed by atoms with Crippen molar-refractivity contribution < 1.29 is 13.2 Å². The Kier molecular flexibility index (Phi) is 4.95. The number of sulfonamides is 1. The lowest BCUT2D eigenvalue weighted by Crippen LogP contribution is -2.39. The van der Waals surface area contributed by atoms with Gasteiger partial charge in [0.05, 0.1) is 11.5 Å². The van der Waals surface area contributed by atoms with Gasteiger partial charge in [0.1, 0.15) is 5.75 Å². The number of thiocarbonyl (C=S) groups is 1. The van der Waals surface area contributed by atoms with Crippen molar-refractivity contribution in [2.45, 2.75) is 0 Å². The van der Waals surface area contributed by atoms with E-state index in [0.29, 0.717) is 0 Å². The van der Waals surface area contributed by atoms with Crippen LogP contribution in [0.3, 0.4) is 0 Å². The van der Waals surface area contributed by atoms with Gasteiger partial charge < -0.3 is 10.6 Å². The van der Waals surface area contributed by atoms with Gasteiger partial charge in [-0.1, -0.05) is 12.2 Å². The quantitative estimate of drug-likeness (QED) is 0.557. The predicted molar refractivity (Wildman–Crippen MR) is 57.3 cm³/mol. The van der Waals surface area contributed by atoms with E-state index in [9.17, 15) is 13.2 Å². The Hall–Kier alpha value is -0.730. The lowest BCUT2D eigenvalue weighted by molar-refractivity contribution is -0.127. The maximum Gasteiger partial charge on any atom is 0.237 e. The van der Waals surface area contributed by atoms with Crippen LogP contribution in [-0.2, 0) is 14.8 Å². The largest absolute Gasteiger partial charge is 0.392 e. The monoisotopic (exact) mass is 239 g/mol. The second-order valence-corrected chi connectivity index (χ2v) is 5.17. The van der Waals surface area contributed by atoms with Gasteiger partial charge in [-0.05, 0) is 0 Å². The van der Waals surface area contributed by atoms with E-state index in [1.54, 1.807) is 0 Å². The molecule has 0 heterocycles. The van der Waals surface area contributed by atoms with Gasteiger partial charge in [-0.3, -0.25) is 4.79 Å². The van der Waals surface area contributed by atoms with Crippen molar-refractivity contribution in [3.63, 3.8) is 0 Å². The van der Waals surface area contributed by atoms with Crippen LogP contribution in [0, 0.1) is 0 Å². The highest BCUT2D eigenvalue weighted by molar-refractivity contribution is 7.92. The third kappa shape index (κ3) is 5.84. The Morgan fingerprint density at radius 3 is 2.36 bits per heavy atom. The summed E-state index contributed by atoms with van der Waals surface area (Å²) in [6.07, 6.45) is 0. The van der Waals surface area contributed by atoms with Crippen LogP contribution in [0.1, 0.15) is 0 Å². The van der Waals surface area contributed by atoms with Crippen molar-refractivity contribution in [1.29, 1.82) is 0 Å². The zero-order valence-corrected chi connectivity index (χ0v) is 9.61. The molecule has 0 spiro atoms. The van der Waals surface area contributed by atoms with Gasteiger partial charge in [0, 0.05) is 14.1 Å². The van der Waals surface area contributed by atoms with Gasteiger partial charge in [-0.15, -0.1) is 0 Å². The van der Waals surface area contributed by atoms with Gasteiger partial charge >= 0.3 is 0 Å². The molecule has 0 saturated carbocycles. The first-order valence-corrected chi connectivity index (χ1v) is 5.76. The molecule has 82 valence electrons. The molecular formula is C6H13N3O3S2. The molecule has 0 unspecified atom stereocenters. The highest BCUT2D eigenvalue weighted by Crippen LogP contribution is 1.85. The van der Waals surface area contributed by atoms with Crippen LogP contribution >= 0.6 is 12.2 Å². The molecule has 0 aromatic rings. The lowest BCUT2D eigenvalue weighted by Gasteiger charge is -2.10. The number of likely N-dealkylation sites (N-methyl/N-ethyl adjacent to an activating group) is 1. The standard InChI is InChI=1S/C6H13N3O3S2/c1-9(2)6(10)3-8-14(11,12)4-5(7)13/h8H,3-4H2,1-2H3,(H2,7,13). The minimum atomic E-state index is -3.57. The van der Waals surface area contributed by atoms with Gasteiger partial charge in [-0.2, -0.15) is 0 Å². The summed E-state index contributed by atoms with van der Waals surface area (Å²) < 4.78 is 24.3. The van der Waals surface area contributed by atoms with Crippen molar-refractivity contribution in [2.75, 3.05) is 26.4 Å². The molecule has 3 N–H and O–H groups in total. The average Bonchev–Trinajstić information content (AvgIpc) is 1.97. The number of hydrogen-bond donors (Lipinski definition) is 2. The Balaban J connectivity index is 4.13. The third-order valence-corrected chi connectivity index (χ3v) is 2.88. The Morgan fingerprint density at radius 2 is 2.00 bits per heavy atom. The highest BCUT2D eigenvalue weighted by atomic mass is 32.2. The molecular weight excluding hydrogens is 226 g/mol. The number of rotatable bonds is 5. The zero-order chi connectivity index (χ0) is 11.4. The van der Waals surface area contributed by atoms with Crippen LogP contribution in [-0.4, -0.2) is 50.6 Å². The molecule has 0 atom stereocenters. The van der Waals surface area contributed by atoms with E-state index in [1.165, 1.54) is 19.0 Å². The molecule has 14 heavy (non-hydrogen) atoms. The molecule has 8 heteroatoms. The van der Waals surface area contributed by atoms with Crippen LogP contribution in [0.4, 0.5) is 0 Å². The van der Waals surface area contributed by atoms with Gasteiger partial charge in [-0.25, -0.2) is 13.1 Å². The van der Waals surface area contributed by atoms with Crippen LogP contribution in [0.15, 0.2) is 0 Å². The van der Waals surface area contributed by atoms with E-state index < -0.39 is 15.8 Å². The molecule has 0 aromatic heterocycles. The number of carbonyl (C=O) groups excluding carboxylic acids is 1.